The fourth-order valence-corrected chi connectivity index (χ4v) is 3.76. The lowest BCUT2D eigenvalue weighted by molar-refractivity contribution is -0.130. The monoisotopic (exact) mass is 409 g/mol. The third-order valence-corrected chi connectivity index (χ3v) is 5.36. The lowest BCUT2D eigenvalue weighted by Crippen LogP contribution is -2.33. The van der Waals surface area contributed by atoms with E-state index in [4.69, 9.17) is 4.98 Å². The second-order valence-electron chi connectivity index (χ2n) is 7.42. The molecule has 4 rings (SSSR count). The van der Waals surface area contributed by atoms with Gasteiger partial charge in [0.25, 0.3) is 0 Å². The molecule has 10 heteroatoms. The molecule has 3 aromatic rings. The van der Waals surface area contributed by atoms with Gasteiger partial charge in [-0.25, -0.2) is 24.9 Å². The minimum absolute atomic E-state index is 0.138. The van der Waals surface area contributed by atoms with Gasteiger partial charge in [0.15, 0.2) is 17.0 Å². The summed E-state index contributed by atoms with van der Waals surface area (Å²) < 4.78 is 2.04. The number of nitrogens with one attached hydrogen (secondary N) is 2. The molecule has 4 heterocycles. The number of nitrogens with zero attached hydrogens (tertiary/aromatic N) is 7. The molecule has 1 saturated heterocycles. The summed E-state index contributed by atoms with van der Waals surface area (Å²) in [5, 5.41) is 6.51. The van der Waals surface area contributed by atoms with E-state index in [-0.39, 0.29) is 11.9 Å². The van der Waals surface area contributed by atoms with Gasteiger partial charge in [-0.05, 0) is 27.3 Å². The Kier molecular flexibility index (Phi) is 5.84. The van der Waals surface area contributed by atoms with Crippen molar-refractivity contribution >= 4 is 22.9 Å². The van der Waals surface area contributed by atoms with E-state index in [1.54, 1.807) is 18.7 Å². The second-order valence-corrected chi connectivity index (χ2v) is 7.42. The molecule has 10 nitrogen and oxygen atoms in total. The van der Waals surface area contributed by atoms with Crippen LogP contribution in [0.4, 0.5) is 5.82 Å². The van der Waals surface area contributed by atoms with Crippen molar-refractivity contribution in [2.45, 2.75) is 39.3 Å². The fourth-order valence-electron chi connectivity index (χ4n) is 3.76. The van der Waals surface area contributed by atoms with Crippen LogP contribution in [-0.4, -0.2) is 73.0 Å². The Morgan fingerprint density at radius 1 is 1.23 bits per heavy atom. The number of carbonyl (C=O) groups excluding carboxylic acids is 1. The number of carbonyl (C=O) groups is 1. The second kappa shape index (κ2) is 8.70. The minimum atomic E-state index is 0.138. The van der Waals surface area contributed by atoms with Gasteiger partial charge in [-0.3, -0.25) is 4.79 Å². The van der Waals surface area contributed by atoms with Gasteiger partial charge >= 0.3 is 0 Å². The maximum Gasteiger partial charge on any atom is 0.223 e. The number of rotatable bonds is 7. The Morgan fingerprint density at radius 2 is 2.03 bits per heavy atom. The van der Waals surface area contributed by atoms with Crippen molar-refractivity contribution in [3.05, 3.63) is 24.5 Å². The summed E-state index contributed by atoms with van der Waals surface area (Å²) in [6.07, 6.45) is 6.51. The minimum Gasteiger partial charge on any atom is -0.364 e. The number of hydrogen-bond donors (Lipinski definition) is 2. The number of likely N-dealkylation sites (tertiary alicyclic amines) is 1. The first-order chi connectivity index (χ1) is 14.6. The summed E-state index contributed by atoms with van der Waals surface area (Å²) in [6.45, 7) is 6.74. The first-order valence-electron chi connectivity index (χ1n) is 10.3. The van der Waals surface area contributed by atoms with Gasteiger partial charge in [0, 0.05) is 51.0 Å². The molecular formula is C20H27N9O. The van der Waals surface area contributed by atoms with Crippen LogP contribution in [0.1, 0.15) is 25.6 Å². The molecule has 0 saturated carbocycles. The molecule has 1 amide bonds. The average Bonchev–Trinajstić information content (AvgIpc) is 3.37. The van der Waals surface area contributed by atoms with Crippen molar-refractivity contribution in [1.29, 1.82) is 0 Å². The molecule has 1 fully saturated rings. The van der Waals surface area contributed by atoms with Gasteiger partial charge in [-0.1, -0.05) is 0 Å². The van der Waals surface area contributed by atoms with Gasteiger partial charge in [0.2, 0.25) is 5.91 Å². The summed E-state index contributed by atoms with van der Waals surface area (Å²) in [4.78, 5) is 36.5. The molecule has 0 aliphatic carbocycles. The number of hydrogen-bond acceptors (Lipinski definition) is 8. The molecule has 0 aromatic carbocycles. The lowest BCUT2D eigenvalue weighted by atomic mass is 10.2. The molecule has 1 aliphatic heterocycles. The first kappa shape index (κ1) is 20.1. The van der Waals surface area contributed by atoms with Crippen LogP contribution in [0.25, 0.3) is 22.6 Å². The Balaban J connectivity index is 1.58. The van der Waals surface area contributed by atoms with Crippen molar-refractivity contribution in [3.63, 3.8) is 0 Å². The molecule has 1 atom stereocenters. The molecule has 158 valence electrons. The van der Waals surface area contributed by atoms with E-state index in [0.717, 1.165) is 41.3 Å². The molecule has 1 aliphatic rings. The van der Waals surface area contributed by atoms with E-state index >= 15 is 0 Å². The van der Waals surface area contributed by atoms with Gasteiger partial charge < -0.3 is 20.1 Å². The third kappa shape index (κ3) is 3.95. The Hall–Kier alpha value is -3.14. The zero-order valence-corrected chi connectivity index (χ0v) is 17.6. The van der Waals surface area contributed by atoms with Crippen LogP contribution in [0.2, 0.25) is 0 Å². The normalized spacial score (nSPS) is 16.4. The number of amides is 1. The summed E-state index contributed by atoms with van der Waals surface area (Å²) in [6, 6.07) is 0.138. The van der Waals surface area contributed by atoms with Gasteiger partial charge in [-0.2, -0.15) is 0 Å². The molecule has 3 aromatic heterocycles. The van der Waals surface area contributed by atoms with Gasteiger partial charge in [-0.15, -0.1) is 0 Å². The largest absolute Gasteiger partial charge is 0.364 e. The number of aromatic nitrogens is 6. The van der Waals surface area contributed by atoms with E-state index in [2.05, 4.69) is 37.5 Å². The summed E-state index contributed by atoms with van der Waals surface area (Å²) >= 11 is 0. The molecule has 0 bridgehead atoms. The SMILES string of the molecule is CCn1c(-c2cnc(C)nc2)nc2c(N[C@H]3CCN(C(=O)CCNC)C3)ncnc21. The molecule has 0 unspecified atom stereocenters. The summed E-state index contributed by atoms with van der Waals surface area (Å²) in [5.74, 6) is 2.36. The maximum atomic E-state index is 12.3. The first-order valence-corrected chi connectivity index (χ1v) is 10.3. The Bertz CT molecular complexity index is 1030. The van der Waals surface area contributed by atoms with Crippen LogP contribution in [0.15, 0.2) is 18.7 Å². The van der Waals surface area contributed by atoms with Crippen molar-refractivity contribution in [1.82, 2.24) is 39.7 Å². The third-order valence-electron chi connectivity index (χ3n) is 5.36. The molecule has 30 heavy (non-hydrogen) atoms. The Morgan fingerprint density at radius 3 is 2.77 bits per heavy atom. The predicted octanol–water partition coefficient (Wildman–Crippen LogP) is 1.23. The van der Waals surface area contributed by atoms with Crippen LogP contribution >= 0.6 is 0 Å². The van der Waals surface area contributed by atoms with Crippen LogP contribution in [0.3, 0.4) is 0 Å². The number of fused-ring (bicyclic) bond motifs is 1. The summed E-state index contributed by atoms with van der Waals surface area (Å²) in [5.41, 5.74) is 2.33. The van der Waals surface area contributed by atoms with E-state index < -0.39 is 0 Å². The van der Waals surface area contributed by atoms with Crippen LogP contribution in [0, 0.1) is 6.92 Å². The quantitative estimate of drug-likeness (QED) is 0.599. The highest BCUT2D eigenvalue weighted by molar-refractivity contribution is 5.86. The highest BCUT2D eigenvalue weighted by Crippen LogP contribution is 2.27. The highest BCUT2D eigenvalue weighted by atomic mass is 16.2. The molecule has 2 N–H and O–H groups in total. The fraction of sp³-hybridized carbons (Fsp3) is 0.500. The standard InChI is InChI=1S/C20H27N9O/c1-4-29-19(14-9-22-13(2)23-10-14)27-17-18(24-12-25-20(17)29)26-15-6-8-28(11-15)16(30)5-7-21-3/h9-10,12,15,21H,4-8,11H2,1-3H3,(H,24,25,26)/t15-/m0/s1. The molecule has 0 spiro atoms. The zero-order valence-electron chi connectivity index (χ0n) is 17.6. The summed E-state index contributed by atoms with van der Waals surface area (Å²) in [7, 11) is 1.86. The average molecular weight is 409 g/mol. The predicted molar refractivity (Wildman–Crippen MR) is 114 cm³/mol. The number of aryl methyl sites for hydroxylation is 2. The van der Waals surface area contributed by atoms with Crippen LogP contribution < -0.4 is 10.6 Å². The van der Waals surface area contributed by atoms with Gasteiger partial charge in [0.1, 0.15) is 18.0 Å². The Labute approximate surface area is 175 Å². The van der Waals surface area contributed by atoms with Crippen molar-refractivity contribution in [2.24, 2.45) is 0 Å². The van der Waals surface area contributed by atoms with Crippen LogP contribution in [-0.2, 0) is 11.3 Å². The maximum absolute atomic E-state index is 12.3. The number of anilines is 1. The van der Waals surface area contributed by atoms with Crippen LogP contribution in [0.5, 0.6) is 0 Å². The van der Waals surface area contributed by atoms with E-state index in [9.17, 15) is 4.79 Å². The molecular weight excluding hydrogens is 382 g/mol. The van der Waals surface area contributed by atoms with Gasteiger partial charge in [0.05, 0.1) is 5.56 Å². The number of imidazole rings is 1. The molecule has 0 radical (unpaired) electrons. The highest BCUT2D eigenvalue weighted by Gasteiger charge is 2.27. The van der Waals surface area contributed by atoms with Crippen molar-refractivity contribution < 1.29 is 4.79 Å². The smallest absolute Gasteiger partial charge is 0.223 e. The van der Waals surface area contributed by atoms with Crippen molar-refractivity contribution in [3.8, 4) is 11.4 Å². The zero-order chi connectivity index (χ0) is 21.1. The van der Waals surface area contributed by atoms with Crippen molar-refractivity contribution in [2.75, 3.05) is 32.0 Å². The van der Waals surface area contributed by atoms with E-state index in [1.807, 2.05) is 23.4 Å². The van der Waals surface area contributed by atoms with E-state index in [1.165, 1.54) is 0 Å². The topological polar surface area (TPSA) is 114 Å². The lowest BCUT2D eigenvalue weighted by Gasteiger charge is -2.17. The van der Waals surface area contributed by atoms with E-state index in [0.29, 0.717) is 31.9 Å².